The molecule has 0 heterocycles. The minimum atomic E-state index is -2.33. The first-order valence-electron chi connectivity index (χ1n) is 0.612. The summed E-state index contributed by atoms with van der Waals surface area (Å²) < 4.78 is 0. The fourth-order valence-corrected chi connectivity index (χ4v) is 0. The van der Waals surface area contributed by atoms with Crippen molar-refractivity contribution in [2.24, 2.45) is 0 Å². The van der Waals surface area contributed by atoms with Crippen LogP contribution in [-0.2, 0) is 0 Å². The number of rotatable bonds is 0. The molecule has 0 radical (unpaired) electrons. The van der Waals surface area contributed by atoms with Gasteiger partial charge in [-0.15, -0.1) is 0 Å². The van der Waals surface area contributed by atoms with Crippen LogP contribution in [0.15, 0.2) is 0 Å². The summed E-state index contributed by atoms with van der Waals surface area (Å²) in [6, 6.07) is 0. The normalized spacial score (nSPS) is 4.00. The van der Waals surface area contributed by atoms with E-state index >= 15 is 0 Å². The Bertz CT molecular complexity index is 33.8. The molecule has 0 atom stereocenters. The summed E-state index contributed by atoms with van der Waals surface area (Å²) in [6.45, 7) is 0. The van der Waals surface area contributed by atoms with E-state index in [4.69, 9.17) is 15.0 Å². The summed E-state index contributed by atoms with van der Waals surface area (Å²) in [6.07, 6.45) is -2.33. The van der Waals surface area contributed by atoms with Crippen molar-refractivity contribution in [3.8, 4) is 0 Å². The molecule has 3 N–H and O–H groups in total. The first-order valence-corrected chi connectivity index (χ1v) is 0.612. The van der Waals surface area contributed by atoms with Crippen LogP contribution in [0, 0.1) is 0 Å². The van der Waals surface area contributed by atoms with E-state index in [2.05, 4.69) is 0 Å². The summed E-state index contributed by atoms with van der Waals surface area (Å²) in [5, 5.41) is 16.7. The number of carbonyl (C=O) groups excluding carboxylic acids is 1. The fraction of sp³-hybridized carbons (Fsp3) is 0. The number of hydrogen-bond acceptors (Lipinski definition) is 4. The van der Waals surface area contributed by atoms with Crippen molar-refractivity contribution in [1.82, 2.24) is 6.15 Å². The van der Waals surface area contributed by atoms with Gasteiger partial charge in [-0.3, -0.25) is 0 Å². The van der Waals surface area contributed by atoms with E-state index in [-0.39, 0.29) is 29.2 Å². The van der Waals surface area contributed by atoms with Gasteiger partial charge in [0.25, 0.3) is 0 Å². The molecule has 0 fully saturated rings. The Morgan fingerprint density at radius 3 is 1.33 bits per heavy atom. The van der Waals surface area contributed by atoms with Gasteiger partial charge in [-0.2, -0.15) is 0 Å². The zero-order valence-corrected chi connectivity index (χ0v) is 4.55. The van der Waals surface area contributed by atoms with Crippen LogP contribution in [-0.4, -0.2) is 29.2 Å². The molecule has 32 valence electrons. The van der Waals surface area contributed by atoms with E-state index < -0.39 is 6.16 Å². The van der Waals surface area contributed by atoms with E-state index in [1.165, 1.54) is 0 Å². The van der Waals surface area contributed by atoms with Crippen LogP contribution < -0.4 is 16.4 Å². The predicted molar refractivity (Wildman–Crippen MR) is 16.2 cm³/mol. The molecule has 0 unspecified atom stereocenters. The van der Waals surface area contributed by atoms with E-state index in [1.54, 1.807) is 0 Å². The molecule has 0 aliphatic rings. The molecule has 0 spiro atoms. The first kappa shape index (κ1) is 16.7. The molecular weight excluding hydrogens is 98.3 g/mol. The van der Waals surface area contributed by atoms with Gasteiger partial charge in [0.05, 0.1) is 0 Å². The second kappa shape index (κ2) is 8.89. The third-order valence-electron chi connectivity index (χ3n) is 0. The minimum Gasteiger partial charge on any atom is -0.652 e. The van der Waals surface area contributed by atoms with Crippen molar-refractivity contribution in [3.05, 3.63) is 0 Å². The van der Waals surface area contributed by atoms with Crippen LogP contribution in [0.25, 0.3) is 0 Å². The van der Waals surface area contributed by atoms with Gasteiger partial charge in [0.1, 0.15) is 0 Å². The van der Waals surface area contributed by atoms with Gasteiger partial charge in [0.2, 0.25) is 0 Å². The van der Waals surface area contributed by atoms with E-state index in [0.717, 1.165) is 0 Å². The largest absolute Gasteiger partial charge is 2.00 e. The zero-order chi connectivity index (χ0) is 3.58. The molecule has 0 saturated carbocycles. The van der Waals surface area contributed by atoms with Crippen molar-refractivity contribution >= 4 is 29.2 Å². The summed E-state index contributed by atoms with van der Waals surface area (Å²) in [5.74, 6) is 0. The molecule has 0 aromatic rings. The third-order valence-corrected chi connectivity index (χ3v) is 0. The standard InChI is InChI=1S/CH2O3.Mg.H3N/c2-1(3)4;;/h(H2,2,3,4);;1H3/q;+2;/p-2. The van der Waals surface area contributed by atoms with E-state index in [0.29, 0.717) is 0 Å². The van der Waals surface area contributed by atoms with Crippen LogP contribution in [0.4, 0.5) is 4.79 Å². The van der Waals surface area contributed by atoms with Gasteiger partial charge < -0.3 is 21.2 Å². The Morgan fingerprint density at radius 1 is 1.33 bits per heavy atom. The number of carbonyl (C=O) groups is 1. The smallest absolute Gasteiger partial charge is 0.652 e. The molecule has 0 saturated heterocycles. The molecule has 0 aliphatic carbocycles. The Labute approximate surface area is 50.9 Å². The zero-order valence-electron chi connectivity index (χ0n) is 3.14. The monoisotopic (exact) mass is 101 g/mol. The average Bonchev–Trinajstić information content (AvgIpc) is 0.811. The van der Waals surface area contributed by atoms with Crippen LogP contribution in [0.2, 0.25) is 0 Å². The van der Waals surface area contributed by atoms with Crippen LogP contribution >= 0.6 is 0 Å². The third kappa shape index (κ3) is 2530000. The van der Waals surface area contributed by atoms with Crippen LogP contribution in [0.1, 0.15) is 0 Å². The maximum absolute atomic E-state index is 8.33. The summed E-state index contributed by atoms with van der Waals surface area (Å²) >= 11 is 0. The summed E-state index contributed by atoms with van der Waals surface area (Å²) in [4.78, 5) is 8.33. The maximum Gasteiger partial charge on any atom is 2.00 e. The van der Waals surface area contributed by atoms with Gasteiger partial charge in [-0.1, -0.05) is 0 Å². The van der Waals surface area contributed by atoms with Crippen molar-refractivity contribution in [2.45, 2.75) is 0 Å². The molecule has 0 amide bonds. The molecule has 4 nitrogen and oxygen atoms in total. The Kier molecular flexibility index (Phi) is 24.7. The second-order valence-electron chi connectivity index (χ2n) is 0.250. The number of carboxylic acid groups (broad SMARTS) is 2. The Morgan fingerprint density at radius 2 is 1.33 bits per heavy atom. The van der Waals surface area contributed by atoms with Crippen LogP contribution in [0.3, 0.4) is 0 Å². The minimum absolute atomic E-state index is 0. The van der Waals surface area contributed by atoms with E-state index in [9.17, 15) is 0 Å². The quantitative estimate of drug-likeness (QED) is 0.337. The van der Waals surface area contributed by atoms with Gasteiger partial charge >= 0.3 is 23.1 Å². The van der Waals surface area contributed by atoms with Crippen molar-refractivity contribution in [3.63, 3.8) is 0 Å². The van der Waals surface area contributed by atoms with Crippen molar-refractivity contribution < 1.29 is 15.0 Å². The van der Waals surface area contributed by atoms with Gasteiger partial charge in [-0.05, 0) is 6.16 Å². The van der Waals surface area contributed by atoms with Crippen molar-refractivity contribution in [1.29, 1.82) is 0 Å². The summed E-state index contributed by atoms with van der Waals surface area (Å²) in [7, 11) is 0. The molecule has 0 bridgehead atoms. The van der Waals surface area contributed by atoms with Gasteiger partial charge in [0, 0.05) is 0 Å². The van der Waals surface area contributed by atoms with Gasteiger partial charge in [0.15, 0.2) is 0 Å². The average molecular weight is 101 g/mol. The van der Waals surface area contributed by atoms with Crippen molar-refractivity contribution in [2.75, 3.05) is 0 Å². The topological polar surface area (TPSA) is 98.2 Å². The SMILES string of the molecule is N.O=C([O-])[O-].[Mg+2]. The first-order chi connectivity index (χ1) is 1.73. The molecule has 0 aromatic carbocycles. The van der Waals surface area contributed by atoms with Crippen LogP contribution in [0.5, 0.6) is 0 Å². The molecule has 0 rings (SSSR count). The Balaban J connectivity index is -0.0000000450. The van der Waals surface area contributed by atoms with E-state index in [1.807, 2.05) is 0 Å². The molecule has 0 aromatic heterocycles. The second-order valence-corrected chi connectivity index (χ2v) is 0.250. The number of hydrogen-bond donors (Lipinski definition) is 1. The molecule has 5 heteroatoms. The Hall–Kier alpha value is -0.00377. The predicted octanol–water partition coefficient (Wildman–Crippen LogP) is -2.67. The maximum atomic E-state index is 8.33. The molecule has 0 aliphatic heterocycles. The fourth-order valence-electron chi connectivity index (χ4n) is 0. The molecular formula is CH3MgNO3. The molecule has 6 heavy (non-hydrogen) atoms. The van der Waals surface area contributed by atoms with Gasteiger partial charge in [-0.25, -0.2) is 0 Å². The summed E-state index contributed by atoms with van der Waals surface area (Å²) in [5.41, 5.74) is 0.